The van der Waals surface area contributed by atoms with Gasteiger partial charge in [-0.05, 0) is 35.9 Å². The molecular weight excluding hydrogens is 374 g/mol. The molecule has 0 heterocycles. The first kappa shape index (κ1) is 21.0. The zero-order valence-corrected chi connectivity index (χ0v) is 15.8. The topological polar surface area (TPSA) is 63.2 Å². The van der Waals surface area contributed by atoms with Crippen LogP contribution < -0.4 is 23.7 Å². The van der Waals surface area contributed by atoms with Crippen LogP contribution in [0.15, 0.2) is 36.4 Å². The molecular formula is C20H20F2O6. The van der Waals surface area contributed by atoms with Crippen LogP contribution in [0.1, 0.15) is 15.9 Å². The Kier molecular flexibility index (Phi) is 7.20. The van der Waals surface area contributed by atoms with E-state index in [1.54, 1.807) is 18.2 Å². The van der Waals surface area contributed by atoms with Gasteiger partial charge >= 0.3 is 6.61 Å². The Morgan fingerprint density at radius 2 is 1.50 bits per heavy atom. The monoisotopic (exact) mass is 394 g/mol. The number of carbonyl (C=O) groups excluding carboxylic acids is 1. The SMILES string of the molecule is COc1ccc(C(=O)/C=C/c2cc(OC)c(OC(F)F)c(OC)c2)c(OC)c1. The van der Waals surface area contributed by atoms with E-state index in [0.29, 0.717) is 22.6 Å². The molecule has 0 atom stereocenters. The summed E-state index contributed by atoms with van der Waals surface area (Å²) < 4.78 is 50.2. The second-order valence-electron chi connectivity index (χ2n) is 5.40. The lowest BCUT2D eigenvalue weighted by Gasteiger charge is -2.14. The number of ketones is 1. The number of ether oxygens (including phenoxy) is 5. The molecule has 0 saturated heterocycles. The van der Waals surface area contributed by atoms with Crippen molar-refractivity contribution in [1.29, 1.82) is 0 Å². The molecule has 0 aliphatic carbocycles. The van der Waals surface area contributed by atoms with E-state index in [2.05, 4.69) is 4.74 Å². The first-order valence-electron chi connectivity index (χ1n) is 8.08. The van der Waals surface area contributed by atoms with Gasteiger partial charge in [0.15, 0.2) is 17.3 Å². The Hall–Kier alpha value is -3.29. The van der Waals surface area contributed by atoms with Gasteiger partial charge in [0.1, 0.15) is 11.5 Å². The standard InChI is InChI=1S/C20H20F2O6/c1-24-13-6-7-14(16(11-13)25-2)15(23)8-5-12-9-17(26-3)19(28-20(21)22)18(10-12)27-4/h5-11,20H,1-4H3/b8-5+. The second kappa shape index (κ2) is 9.59. The van der Waals surface area contributed by atoms with Crippen LogP contribution in [0.5, 0.6) is 28.7 Å². The zero-order chi connectivity index (χ0) is 20.7. The van der Waals surface area contributed by atoms with Gasteiger partial charge in [0.25, 0.3) is 0 Å². The van der Waals surface area contributed by atoms with Gasteiger partial charge in [-0.2, -0.15) is 8.78 Å². The van der Waals surface area contributed by atoms with Crippen LogP contribution in [-0.2, 0) is 0 Å². The lowest BCUT2D eigenvalue weighted by molar-refractivity contribution is -0.0526. The number of methoxy groups -OCH3 is 4. The van der Waals surface area contributed by atoms with Crippen molar-refractivity contribution in [3.05, 3.63) is 47.5 Å². The summed E-state index contributed by atoms with van der Waals surface area (Å²) in [6.07, 6.45) is 2.83. The molecule has 0 radical (unpaired) electrons. The van der Waals surface area contributed by atoms with Crippen LogP contribution in [0.3, 0.4) is 0 Å². The second-order valence-corrected chi connectivity index (χ2v) is 5.40. The summed E-state index contributed by atoms with van der Waals surface area (Å²) in [6.45, 7) is -3.03. The molecule has 8 heteroatoms. The van der Waals surface area contributed by atoms with Crippen LogP contribution in [0, 0.1) is 0 Å². The smallest absolute Gasteiger partial charge is 0.387 e. The molecule has 0 saturated carbocycles. The van der Waals surface area contributed by atoms with Crippen molar-refractivity contribution in [1.82, 2.24) is 0 Å². The molecule has 0 unspecified atom stereocenters. The Morgan fingerprint density at radius 3 is 2.00 bits per heavy atom. The molecule has 2 aromatic carbocycles. The van der Waals surface area contributed by atoms with Crippen molar-refractivity contribution in [2.45, 2.75) is 6.61 Å². The molecule has 0 aromatic heterocycles. The summed E-state index contributed by atoms with van der Waals surface area (Å²) in [5.74, 6) is 0.486. The van der Waals surface area contributed by atoms with Gasteiger partial charge in [0, 0.05) is 6.07 Å². The fraction of sp³-hybridized carbons (Fsp3) is 0.250. The van der Waals surface area contributed by atoms with Gasteiger partial charge in [0.05, 0.1) is 34.0 Å². The summed E-state index contributed by atoms with van der Waals surface area (Å²) >= 11 is 0. The van der Waals surface area contributed by atoms with Gasteiger partial charge in [-0.1, -0.05) is 6.08 Å². The molecule has 0 N–H and O–H groups in total. The van der Waals surface area contributed by atoms with Gasteiger partial charge in [0.2, 0.25) is 5.75 Å². The van der Waals surface area contributed by atoms with E-state index in [1.807, 2.05) is 0 Å². The normalized spacial score (nSPS) is 10.8. The highest BCUT2D eigenvalue weighted by atomic mass is 19.3. The molecule has 0 aliphatic heterocycles. The minimum absolute atomic E-state index is 0.0498. The number of hydrogen-bond donors (Lipinski definition) is 0. The molecule has 2 rings (SSSR count). The van der Waals surface area contributed by atoms with Gasteiger partial charge in [-0.3, -0.25) is 4.79 Å². The maximum Gasteiger partial charge on any atom is 0.387 e. The Labute approximate surface area is 161 Å². The molecule has 0 bridgehead atoms. The number of benzene rings is 2. The number of carbonyl (C=O) groups is 1. The molecule has 6 nitrogen and oxygen atoms in total. The predicted molar refractivity (Wildman–Crippen MR) is 99.1 cm³/mol. The highest BCUT2D eigenvalue weighted by molar-refractivity contribution is 6.08. The summed E-state index contributed by atoms with van der Waals surface area (Å²) in [6, 6.07) is 7.74. The first-order valence-corrected chi connectivity index (χ1v) is 8.08. The number of hydrogen-bond acceptors (Lipinski definition) is 6. The van der Waals surface area contributed by atoms with Crippen LogP contribution in [0.2, 0.25) is 0 Å². The van der Waals surface area contributed by atoms with Gasteiger partial charge < -0.3 is 23.7 Å². The number of alkyl halides is 2. The summed E-state index contributed by atoms with van der Waals surface area (Å²) in [5, 5.41) is 0. The van der Waals surface area contributed by atoms with Gasteiger partial charge in [-0.15, -0.1) is 0 Å². The molecule has 0 spiro atoms. The third kappa shape index (κ3) is 4.91. The van der Waals surface area contributed by atoms with Crippen LogP contribution >= 0.6 is 0 Å². The lowest BCUT2D eigenvalue weighted by Crippen LogP contribution is -2.05. The molecule has 28 heavy (non-hydrogen) atoms. The minimum Gasteiger partial charge on any atom is -0.497 e. The highest BCUT2D eigenvalue weighted by Gasteiger charge is 2.18. The van der Waals surface area contributed by atoms with Crippen molar-refractivity contribution in [3.63, 3.8) is 0 Å². The largest absolute Gasteiger partial charge is 0.497 e. The Bertz CT molecular complexity index is 839. The molecule has 0 amide bonds. The number of allylic oxidation sites excluding steroid dienone is 1. The highest BCUT2D eigenvalue weighted by Crippen LogP contribution is 2.40. The van der Waals surface area contributed by atoms with Crippen LogP contribution in [0.4, 0.5) is 8.78 Å². The van der Waals surface area contributed by atoms with E-state index < -0.39 is 6.61 Å². The first-order chi connectivity index (χ1) is 13.4. The maximum absolute atomic E-state index is 12.6. The van der Waals surface area contributed by atoms with Crippen molar-refractivity contribution in [2.75, 3.05) is 28.4 Å². The van der Waals surface area contributed by atoms with Crippen LogP contribution in [0.25, 0.3) is 6.08 Å². The summed E-state index contributed by atoms with van der Waals surface area (Å²) in [5.41, 5.74) is 0.840. The van der Waals surface area contributed by atoms with E-state index in [-0.39, 0.29) is 23.0 Å². The molecule has 0 aliphatic rings. The summed E-state index contributed by atoms with van der Waals surface area (Å²) in [7, 11) is 5.59. The maximum atomic E-state index is 12.6. The van der Waals surface area contributed by atoms with E-state index in [9.17, 15) is 13.6 Å². The quantitative estimate of drug-likeness (QED) is 0.469. The van der Waals surface area contributed by atoms with Gasteiger partial charge in [-0.25, -0.2) is 0 Å². The number of halogens is 2. The van der Waals surface area contributed by atoms with E-state index >= 15 is 0 Å². The van der Waals surface area contributed by atoms with E-state index in [4.69, 9.17) is 18.9 Å². The molecule has 2 aromatic rings. The molecule has 0 fully saturated rings. The van der Waals surface area contributed by atoms with E-state index in [0.717, 1.165) is 0 Å². The zero-order valence-electron chi connectivity index (χ0n) is 15.8. The molecule has 150 valence electrons. The third-order valence-electron chi connectivity index (χ3n) is 3.79. The Morgan fingerprint density at radius 1 is 0.893 bits per heavy atom. The third-order valence-corrected chi connectivity index (χ3v) is 3.79. The van der Waals surface area contributed by atoms with Crippen molar-refractivity contribution >= 4 is 11.9 Å². The van der Waals surface area contributed by atoms with Crippen molar-refractivity contribution in [2.24, 2.45) is 0 Å². The Balaban J connectivity index is 2.34. The fourth-order valence-corrected chi connectivity index (χ4v) is 2.47. The van der Waals surface area contributed by atoms with E-state index in [1.165, 1.54) is 52.7 Å². The summed E-state index contributed by atoms with van der Waals surface area (Å²) in [4.78, 5) is 12.5. The average molecular weight is 394 g/mol. The lowest BCUT2D eigenvalue weighted by atomic mass is 10.1. The average Bonchev–Trinajstić information content (AvgIpc) is 2.71. The van der Waals surface area contributed by atoms with Crippen molar-refractivity contribution < 1.29 is 37.3 Å². The minimum atomic E-state index is -3.03. The van der Waals surface area contributed by atoms with Crippen molar-refractivity contribution in [3.8, 4) is 28.7 Å². The van der Waals surface area contributed by atoms with Crippen LogP contribution in [-0.4, -0.2) is 40.8 Å². The predicted octanol–water partition coefficient (Wildman–Crippen LogP) is 4.22. The fourth-order valence-electron chi connectivity index (χ4n) is 2.47. The number of rotatable bonds is 9.